The highest BCUT2D eigenvalue weighted by Crippen LogP contribution is 2.24. The highest BCUT2D eigenvalue weighted by Gasteiger charge is 2.38. The lowest BCUT2D eigenvalue weighted by Gasteiger charge is -2.23. The summed E-state index contributed by atoms with van der Waals surface area (Å²) in [4.78, 5) is 22.4. The Kier molecular flexibility index (Phi) is 3.10. The zero-order valence-corrected chi connectivity index (χ0v) is 8.50. The summed E-state index contributed by atoms with van der Waals surface area (Å²) in [6.07, 6.45) is 1.55. The molecule has 0 aromatic heterocycles. The lowest BCUT2D eigenvalue weighted by Crippen LogP contribution is -2.51. The van der Waals surface area contributed by atoms with Crippen molar-refractivity contribution in [1.82, 2.24) is 5.32 Å². The second-order valence-corrected chi connectivity index (χ2v) is 3.78. The third-order valence-electron chi connectivity index (χ3n) is 2.47. The average Bonchev–Trinajstić information content (AvgIpc) is 2.53. The largest absolute Gasteiger partial charge is 0.368 e. The fourth-order valence-corrected chi connectivity index (χ4v) is 1.38. The van der Waals surface area contributed by atoms with Crippen LogP contribution in [0.25, 0.3) is 0 Å². The van der Waals surface area contributed by atoms with E-state index in [9.17, 15) is 9.59 Å². The first-order valence-corrected chi connectivity index (χ1v) is 4.70. The standard InChI is InChI=1S/C9H16N2O3/c1-6(7(10)12)11-8(13)9(2)4-3-5-14-9/h6H,3-5H2,1-2H3,(H2,10,12)(H,11,13)/t6-,9?/m1/s1. The summed E-state index contributed by atoms with van der Waals surface area (Å²) >= 11 is 0. The SMILES string of the molecule is C[C@@H](NC(=O)C1(C)CCCO1)C(N)=O. The van der Waals surface area contributed by atoms with Crippen LogP contribution in [0.15, 0.2) is 0 Å². The highest BCUT2D eigenvalue weighted by atomic mass is 16.5. The minimum atomic E-state index is -0.788. The van der Waals surface area contributed by atoms with E-state index in [4.69, 9.17) is 10.5 Å². The van der Waals surface area contributed by atoms with Gasteiger partial charge in [0.15, 0.2) is 0 Å². The Morgan fingerprint density at radius 3 is 2.64 bits per heavy atom. The number of hydrogen-bond donors (Lipinski definition) is 2. The fourth-order valence-electron chi connectivity index (χ4n) is 1.38. The Bertz CT molecular complexity index is 246. The van der Waals surface area contributed by atoms with Crippen molar-refractivity contribution in [1.29, 1.82) is 0 Å². The molecule has 5 heteroatoms. The fraction of sp³-hybridized carbons (Fsp3) is 0.778. The molecule has 1 unspecified atom stereocenters. The molecule has 1 saturated heterocycles. The number of hydrogen-bond acceptors (Lipinski definition) is 3. The van der Waals surface area contributed by atoms with Crippen molar-refractivity contribution in [3.8, 4) is 0 Å². The van der Waals surface area contributed by atoms with Crippen molar-refractivity contribution < 1.29 is 14.3 Å². The van der Waals surface area contributed by atoms with Crippen LogP contribution in [0, 0.1) is 0 Å². The smallest absolute Gasteiger partial charge is 0.252 e. The first-order chi connectivity index (χ1) is 6.46. The zero-order chi connectivity index (χ0) is 10.8. The van der Waals surface area contributed by atoms with E-state index in [-0.39, 0.29) is 5.91 Å². The van der Waals surface area contributed by atoms with Gasteiger partial charge in [-0.15, -0.1) is 0 Å². The van der Waals surface area contributed by atoms with Gasteiger partial charge in [0.2, 0.25) is 5.91 Å². The molecule has 1 aliphatic heterocycles. The molecule has 0 aliphatic carbocycles. The lowest BCUT2D eigenvalue weighted by molar-refractivity contribution is -0.141. The molecule has 0 bridgehead atoms. The van der Waals surface area contributed by atoms with Crippen LogP contribution in [0.3, 0.4) is 0 Å². The normalized spacial score (nSPS) is 28.4. The van der Waals surface area contributed by atoms with E-state index in [1.54, 1.807) is 13.8 Å². The Morgan fingerprint density at radius 1 is 1.57 bits per heavy atom. The Labute approximate surface area is 83.0 Å². The Morgan fingerprint density at radius 2 is 2.21 bits per heavy atom. The number of rotatable bonds is 3. The summed E-state index contributed by atoms with van der Waals surface area (Å²) in [5, 5.41) is 2.52. The van der Waals surface area contributed by atoms with Gasteiger partial charge in [-0.05, 0) is 26.7 Å². The zero-order valence-electron chi connectivity index (χ0n) is 8.50. The molecule has 1 aliphatic rings. The summed E-state index contributed by atoms with van der Waals surface area (Å²) < 4.78 is 5.32. The number of ether oxygens (including phenoxy) is 1. The van der Waals surface area contributed by atoms with Crippen molar-refractivity contribution >= 4 is 11.8 Å². The predicted molar refractivity (Wildman–Crippen MR) is 50.4 cm³/mol. The maximum Gasteiger partial charge on any atom is 0.252 e. The van der Waals surface area contributed by atoms with E-state index in [1.807, 2.05) is 0 Å². The molecule has 0 aromatic rings. The maximum absolute atomic E-state index is 11.6. The number of nitrogens with one attached hydrogen (secondary N) is 1. The molecule has 3 N–H and O–H groups in total. The van der Waals surface area contributed by atoms with E-state index >= 15 is 0 Å². The Balaban J connectivity index is 2.53. The monoisotopic (exact) mass is 200 g/mol. The summed E-state index contributed by atoms with van der Waals surface area (Å²) in [7, 11) is 0. The van der Waals surface area contributed by atoms with Gasteiger partial charge in [-0.3, -0.25) is 9.59 Å². The van der Waals surface area contributed by atoms with Crippen LogP contribution in [0.1, 0.15) is 26.7 Å². The molecule has 0 saturated carbocycles. The number of carbonyl (C=O) groups excluding carboxylic acids is 2. The van der Waals surface area contributed by atoms with Crippen LogP contribution >= 0.6 is 0 Å². The molecule has 1 rings (SSSR count). The molecular weight excluding hydrogens is 184 g/mol. The third-order valence-corrected chi connectivity index (χ3v) is 2.47. The first-order valence-electron chi connectivity index (χ1n) is 4.70. The molecule has 2 atom stereocenters. The molecule has 1 fully saturated rings. The molecular formula is C9H16N2O3. The van der Waals surface area contributed by atoms with Crippen molar-refractivity contribution in [2.75, 3.05) is 6.61 Å². The number of carbonyl (C=O) groups is 2. The van der Waals surface area contributed by atoms with Crippen LogP contribution in [0.4, 0.5) is 0 Å². The molecule has 0 spiro atoms. The van der Waals surface area contributed by atoms with E-state index in [1.165, 1.54) is 0 Å². The quantitative estimate of drug-likeness (QED) is 0.647. The second kappa shape index (κ2) is 3.96. The van der Waals surface area contributed by atoms with E-state index in [0.717, 1.165) is 6.42 Å². The van der Waals surface area contributed by atoms with Gasteiger partial charge >= 0.3 is 0 Å². The third kappa shape index (κ3) is 2.23. The maximum atomic E-state index is 11.6. The summed E-state index contributed by atoms with van der Waals surface area (Å²) in [5.41, 5.74) is 4.24. The summed E-state index contributed by atoms with van der Waals surface area (Å²) in [6, 6.07) is -0.650. The van der Waals surface area contributed by atoms with E-state index in [2.05, 4.69) is 5.32 Å². The van der Waals surface area contributed by atoms with Crippen LogP contribution in [0.5, 0.6) is 0 Å². The topological polar surface area (TPSA) is 81.4 Å². The first kappa shape index (κ1) is 11.0. The van der Waals surface area contributed by atoms with Crippen molar-refractivity contribution in [3.05, 3.63) is 0 Å². The number of nitrogens with two attached hydrogens (primary N) is 1. The molecule has 5 nitrogen and oxygen atoms in total. The minimum Gasteiger partial charge on any atom is -0.368 e. The van der Waals surface area contributed by atoms with Gasteiger partial charge in [0.25, 0.3) is 5.91 Å². The average molecular weight is 200 g/mol. The lowest BCUT2D eigenvalue weighted by atomic mass is 10.0. The van der Waals surface area contributed by atoms with Gasteiger partial charge in [-0.1, -0.05) is 0 Å². The molecule has 14 heavy (non-hydrogen) atoms. The molecule has 0 aromatic carbocycles. The molecule has 1 heterocycles. The van der Waals surface area contributed by atoms with Crippen LogP contribution in [0.2, 0.25) is 0 Å². The Hall–Kier alpha value is -1.10. The van der Waals surface area contributed by atoms with Crippen molar-refractivity contribution in [2.24, 2.45) is 5.73 Å². The summed E-state index contributed by atoms with van der Waals surface area (Å²) in [5.74, 6) is -0.804. The summed E-state index contributed by atoms with van der Waals surface area (Å²) in [6.45, 7) is 3.87. The van der Waals surface area contributed by atoms with Crippen LogP contribution in [-0.4, -0.2) is 30.1 Å². The number of primary amides is 1. The molecule has 80 valence electrons. The van der Waals surface area contributed by atoms with Gasteiger partial charge < -0.3 is 15.8 Å². The van der Waals surface area contributed by atoms with Gasteiger partial charge in [0.05, 0.1) is 0 Å². The highest BCUT2D eigenvalue weighted by molar-refractivity contribution is 5.90. The van der Waals surface area contributed by atoms with Gasteiger partial charge in [0.1, 0.15) is 11.6 Å². The van der Waals surface area contributed by atoms with Gasteiger partial charge in [0, 0.05) is 6.61 Å². The van der Waals surface area contributed by atoms with Gasteiger partial charge in [-0.2, -0.15) is 0 Å². The van der Waals surface area contributed by atoms with E-state index < -0.39 is 17.6 Å². The van der Waals surface area contributed by atoms with E-state index in [0.29, 0.717) is 13.0 Å². The van der Waals surface area contributed by atoms with Crippen LogP contribution in [-0.2, 0) is 14.3 Å². The van der Waals surface area contributed by atoms with Crippen LogP contribution < -0.4 is 11.1 Å². The van der Waals surface area contributed by atoms with Crippen molar-refractivity contribution in [2.45, 2.75) is 38.3 Å². The van der Waals surface area contributed by atoms with Crippen molar-refractivity contribution in [3.63, 3.8) is 0 Å². The molecule has 2 amide bonds. The van der Waals surface area contributed by atoms with Gasteiger partial charge in [-0.25, -0.2) is 0 Å². The number of amides is 2. The second-order valence-electron chi connectivity index (χ2n) is 3.78. The predicted octanol–water partition coefficient (Wildman–Crippen LogP) is -0.454. The molecule has 0 radical (unpaired) electrons. The minimum absolute atomic E-state index is 0.263.